The Hall–Kier alpha value is -1.07. The molecule has 1 fully saturated rings. The number of carbonyl (C=O) groups is 1. The van der Waals surface area contributed by atoms with Gasteiger partial charge in [-0.25, -0.2) is 0 Å². The number of benzene rings is 1. The maximum Gasteiger partial charge on any atom is 0.320 e. The number of methoxy groups -OCH3 is 1. The Morgan fingerprint density at radius 2 is 2.26 bits per heavy atom. The largest absolute Gasteiger partial charge is 0.497 e. The lowest BCUT2D eigenvalue weighted by molar-refractivity contribution is -0.143. The quantitative estimate of drug-likeness (QED) is 0.872. The van der Waals surface area contributed by atoms with Gasteiger partial charge in [0.2, 0.25) is 0 Å². The van der Waals surface area contributed by atoms with Crippen LogP contribution in [-0.2, 0) is 11.3 Å². The second kappa shape index (κ2) is 5.92. The van der Waals surface area contributed by atoms with Crippen molar-refractivity contribution in [3.63, 3.8) is 0 Å². The SMILES string of the molecule is COc1ccc(Br)c(CN(C2CC2)C(C)C(=O)O)c1. The van der Waals surface area contributed by atoms with E-state index in [1.165, 1.54) is 0 Å². The molecule has 0 bridgehead atoms. The van der Waals surface area contributed by atoms with Crippen LogP contribution in [0, 0.1) is 0 Å². The highest BCUT2D eigenvalue weighted by atomic mass is 79.9. The molecule has 1 N–H and O–H groups in total. The molecule has 1 aliphatic carbocycles. The van der Waals surface area contributed by atoms with Crippen LogP contribution in [-0.4, -0.2) is 35.2 Å². The fraction of sp³-hybridized carbons (Fsp3) is 0.500. The standard InChI is InChI=1S/C14H18BrNO3/c1-9(14(17)18)16(11-3-4-11)8-10-7-12(19-2)5-6-13(10)15/h5-7,9,11H,3-4,8H2,1-2H3,(H,17,18). The maximum atomic E-state index is 11.2. The van der Waals surface area contributed by atoms with E-state index in [1.807, 2.05) is 23.1 Å². The summed E-state index contributed by atoms with van der Waals surface area (Å²) in [6.07, 6.45) is 2.17. The van der Waals surface area contributed by atoms with Crippen LogP contribution in [0.5, 0.6) is 5.75 Å². The number of carboxylic acid groups (broad SMARTS) is 1. The van der Waals surface area contributed by atoms with Crippen LogP contribution < -0.4 is 4.74 Å². The van der Waals surface area contributed by atoms with Crippen LogP contribution >= 0.6 is 15.9 Å². The smallest absolute Gasteiger partial charge is 0.320 e. The van der Waals surface area contributed by atoms with E-state index in [1.54, 1.807) is 14.0 Å². The molecule has 5 heteroatoms. The number of hydrogen-bond acceptors (Lipinski definition) is 3. The molecule has 1 aliphatic rings. The molecule has 0 radical (unpaired) electrons. The summed E-state index contributed by atoms with van der Waals surface area (Å²) in [5.74, 6) is 0.0165. The first kappa shape index (κ1) is 14.3. The van der Waals surface area contributed by atoms with E-state index in [2.05, 4.69) is 15.9 Å². The monoisotopic (exact) mass is 327 g/mol. The van der Waals surface area contributed by atoms with E-state index >= 15 is 0 Å². The summed E-state index contributed by atoms with van der Waals surface area (Å²) in [5, 5.41) is 9.20. The Morgan fingerprint density at radius 3 is 2.79 bits per heavy atom. The molecule has 104 valence electrons. The Bertz CT molecular complexity index is 474. The fourth-order valence-corrected chi connectivity index (χ4v) is 2.50. The number of nitrogens with zero attached hydrogens (tertiary/aromatic N) is 1. The average Bonchev–Trinajstić information content (AvgIpc) is 3.21. The number of aliphatic carboxylic acids is 1. The van der Waals surface area contributed by atoms with Gasteiger partial charge in [0, 0.05) is 17.1 Å². The van der Waals surface area contributed by atoms with E-state index in [9.17, 15) is 9.90 Å². The predicted octanol–water partition coefficient (Wildman–Crippen LogP) is 2.90. The molecule has 1 aromatic carbocycles. The summed E-state index contributed by atoms with van der Waals surface area (Å²) in [6, 6.07) is 5.70. The first-order valence-electron chi connectivity index (χ1n) is 6.34. The lowest BCUT2D eigenvalue weighted by atomic mass is 10.1. The van der Waals surface area contributed by atoms with Crippen molar-refractivity contribution in [1.29, 1.82) is 0 Å². The molecule has 0 spiro atoms. The third-order valence-electron chi connectivity index (χ3n) is 3.48. The first-order chi connectivity index (χ1) is 9.02. The number of halogens is 1. The zero-order valence-electron chi connectivity index (χ0n) is 11.1. The topological polar surface area (TPSA) is 49.8 Å². The van der Waals surface area contributed by atoms with Gasteiger partial charge in [-0.2, -0.15) is 0 Å². The van der Waals surface area contributed by atoms with Gasteiger partial charge in [0.15, 0.2) is 0 Å². The highest BCUT2D eigenvalue weighted by Gasteiger charge is 2.35. The maximum absolute atomic E-state index is 11.2. The zero-order valence-corrected chi connectivity index (χ0v) is 12.7. The van der Waals surface area contributed by atoms with E-state index in [-0.39, 0.29) is 0 Å². The summed E-state index contributed by atoms with van der Waals surface area (Å²) < 4.78 is 6.20. The molecule has 4 nitrogen and oxygen atoms in total. The van der Waals surface area contributed by atoms with Gasteiger partial charge >= 0.3 is 5.97 Å². The van der Waals surface area contributed by atoms with Crippen molar-refractivity contribution in [3.05, 3.63) is 28.2 Å². The number of rotatable bonds is 6. The van der Waals surface area contributed by atoms with Crippen LogP contribution in [0.15, 0.2) is 22.7 Å². The summed E-state index contributed by atoms with van der Waals surface area (Å²) >= 11 is 3.51. The summed E-state index contributed by atoms with van der Waals surface area (Å²) in [5.41, 5.74) is 1.05. The van der Waals surface area contributed by atoms with E-state index in [0.717, 1.165) is 28.6 Å². The second-order valence-corrected chi connectivity index (χ2v) is 5.73. The lowest BCUT2D eigenvalue weighted by Gasteiger charge is -2.26. The van der Waals surface area contributed by atoms with Gasteiger partial charge in [-0.05, 0) is 43.5 Å². The first-order valence-corrected chi connectivity index (χ1v) is 7.13. The Kier molecular flexibility index (Phi) is 4.47. The fourth-order valence-electron chi connectivity index (χ4n) is 2.13. The number of carboxylic acids is 1. The van der Waals surface area contributed by atoms with Crippen LogP contribution in [0.1, 0.15) is 25.3 Å². The van der Waals surface area contributed by atoms with Crippen LogP contribution in [0.2, 0.25) is 0 Å². The van der Waals surface area contributed by atoms with Crippen LogP contribution in [0.25, 0.3) is 0 Å². The van der Waals surface area contributed by atoms with E-state index < -0.39 is 12.0 Å². The normalized spacial score (nSPS) is 16.4. The molecule has 1 atom stereocenters. The highest BCUT2D eigenvalue weighted by Crippen LogP contribution is 2.32. The third kappa shape index (κ3) is 3.48. The molecule has 0 aromatic heterocycles. The van der Waals surface area contributed by atoms with Crippen molar-refractivity contribution in [2.75, 3.05) is 7.11 Å². The van der Waals surface area contributed by atoms with Gasteiger partial charge < -0.3 is 9.84 Å². The van der Waals surface area contributed by atoms with Crippen molar-refractivity contribution in [3.8, 4) is 5.75 Å². The molecule has 2 rings (SSSR count). The molecule has 1 saturated carbocycles. The minimum Gasteiger partial charge on any atom is -0.497 e. The molecule has 0 saturated heterocycles. The molecular weight excluding hydrogens is 310 g/mol. The summed E-state index contributed by atoms with van der Waals surface area (Å²) in [7, 11) is 1.63. The lowest BCUT2D eigenvalue weighted by Crippen LogP contribution is -2.40. The molecule has 0 heterocycles. The average molecular weight is 328 g/mol. The van der Waals surface area contributed by atoms with E-state index in [0.29, 0.717) is 12.6 Å². The Balaban J connectivity index is 2.19. The molecule has 0 aliphatic heterocycles. The molecule has 1 aromatic rings. The number of hydrogen-bond donors (Lipinski definition) is 1. The van der Waals surface area contributed by atoms with Gasteiger partial charge in [0.1, 0.15) is 11.8 Å². The van der Waals surface area contributed by atoms with Crippen molar-refractivity contribution in [1.82, 2.24) is 4.90 Å². The predicted molar refractivity (Wildman–Crippen MR) is 76.4 cm³/mol. The van der Waals surface area contributed by atoms with Crippen molar-refractivity contribution < 1.29 is 14.6 Å². The summed E-state index contributed by atoms with van der Waals surface area (Å²) in [6.45, 7) is 2.37. The van der Waals surface area contributed by atoms with Gasteiger partial charge in [-0.15, -0.1) is 0 Å². The van der Waals surface area contributed by atoms with Gasteiger partial charge in [-0.1, -0.05) is 15.9 Å². The van der Waals surface area contributed by atoms with Crippen molar-refractivity contribution >= 4 is 21.9 Å². The highest BCUT2D eigenvalue weighted by molar-refractivity contribution is 9.10. The Morgan fingerprint density at radius 1 is 1.58 bits per heavy atom. The van der Waals surface area contributed by atoms with E-state index in [4.69, 9.17) is 4.74 Å². The van der Waals surface area contributed by atoms with Gasteiger partial charge in [-0.3, -0.25) is 9.69 Å². The zero-order chi connectivity index (χ0) is 14.0. The molecule has 0 amide bonds. The minimum atomic E-state index is -0.772. The third-order valence-corrected chi connectivity index (χ3v) is 4.25. The second-order valence-electron chi connectivity index (χ2n) is 4.88. The van der Waals surface area contributed by atoms with Crippen molar-refractivity contribution in [2.45, 2.75) is 38.4 Å². The van der Waals surface area contributed by atoms with Crippen molar-refractivity contribution in [2.24, 2.45) is 0 Å². The Labute approximate surface area is 121 Å². The molecular formula is C14H18BrNO3. The van der Waals surface area contributed by atoms with Gasteiger partial charge in [0.25, 0.3) is 0 Å². The minimum absolute atomic E-state index is 0.393. The van der Waals surface area contributed by atoms with Crippen LogP contribution in [0.4, 0.5) is 0 Å². The van der Waals surface area contributed by atoms with Gasteiger partial charge in [0.05, 0.1) is 7.11 Å². The molecule has 1 unspecified atom stereocenters. The van der Waals surface area contributed by atoms with Crippen LogP contribution in [0.3, 0.4) is 0 Å². The molecule has 19 heavy (non-hydrogen) atoms. The summed E-state index contributed by atoms with van der Waals surface area (Å²) in [4.78, 5) is 13.2. The number of ether oxygens (including phenoxy) is 1.